The van der Waals surface area contributed by atoms with Crippen molar-refractivity contribution in [3.05, 3.63) is 0 Å². The fraction of sp³-hybridized carbons (Fsp3) is 0.714. The quantitative estimate of drug-likeness (QED) is 0.586. The summed E-state index contributed by atoms with van der Waals surface area (Å²) in [6.45, 7) is -0.0515. The Morgan fingerprint density at radius 3 is 2.78 bits per heavy atom. The lowest BCUT2D eigenvalue weighted by atomic mass is 9.86. The van der Waals surface area contributed by atoms with Gasteiger partial charge in [-0.2, -0.15) is 0 Å². The Morgan fingerprint density at radius 1 is 1.33 bits per heavy atom. The van der Waals surface area contributed by atoms with Crippen LogP contribution in [0.5, 0.6) is 0 Å². The number of fused-ring (bicyclic) bond motifs is 2. The van der Waals surface area contributed by atoms with Crippen LogP contribution in [0.4, 0.5) is 0 Å². The smallest absolute Gasteiger partial charge is 0.306 e. The van der Waals surface area contributed by atoms with Gasteiger partial charge in [0.15, 0.2) is 6.61 Å². The standard InChI is InChI=1S/C14H19NO3/c1-2-5-15-13(16)9-18-14(17)8-12-7-10-3-4-11(12)6-10/h1,10-12H,3-9H2,(H,15,16). The van der Waals surface area contributed by atoms with Crippen molar-refractivity contribution in [1.82, 2.24) is 5.32 Å². The van der Waals surface area contributed by atoms with Gasteiger partial charge in [0.1, 0.15) is 0 Å². The van der Waals surface area contributed by atoms with Crippen molar-refractivity contribution in [3.8, 4) is 12.3 Å². The van der Waals surface area contributed by atoms with E-state index in [0.717, 1.165) is 12.3 Å². The lowest BCUT2D eigenvalue weighted by molar-refractivity contribution is -0.149. The minimum atomic E-state index is -0.339. The molecule has 0 spiro atoms. The summed E-state index contributed by atoms with van der Waals surface area (Å²) in [7, 11) is 0. The van der Waals surface area contributed by atoms with Gasteiger partial charge in [-0.25, -0.2) is 0 Å². The molecule has 0 heterocycles. The van der Waals surface area contributed by atoms with E-state index in [0.29, 0.717) is 18.3 Å². The molecule has 3 atom stereocenters. The molecular formula is C14H19NO3. The van der Waals surface area contributed by atoms with Gasteiger partial charge < -0.3 is 10.1 Å². The Bertz CT molecular complexity index is 372. The van der Waals surface area contributed by atoms with Crippen LogP contribution in [-0.2, 0) is 14.3 Å². The lowest BCUT2D eigenvalue weighted by Crippen LogP contribution is -2.29. The molecule has 4 heteroatoms. The summed E-state index contributed by atoms with van der Waals surface area (Å²) in [5, 5.41) is 2.46. The van der Waals surface area contributed by atoms with Crippen molar-refractivity contribution < 1.29 is 14.3 Å². The first kappa shape index (κ1) is 12.9. The first-order chi connectivity index (χ1) is 8.69. The van der Waals surface area contributed by atoms with Crippen molar-refractivity contribution in [2.75, 3.05) is 13.2 Å². The number of hydrogen-bond donors (Lipinski definition) is 1. The molecule has 0 aromatic carbocycles. The van der Waals surface area contributed by atoms with Crippen LogP contribution in [0.3, 0.4) is 0 Å². The molecule has 0 aromatic rings. The molecule has 98 valence electrons. The fourth-order valence-electron chi connectivity index (χ4n) is 3.25. The van der Waals surface area contributed by atoms with Crippen molar-refractivity contribution in [3.63, 3.8) is 0 Å². The number of amides is 1. The monoisotopic (exact) mass is 249 g/mol. The minimum absolute atomic E-state index is 0.169. The summed E-state index contributed by atoms with van der Waals surface area (Å²) in [4.78, 5) is 22.8. The zero-order valence-electron chi connectivity index (χ0n) is 10.5. The van der Waals surface area contributed by atoms with Gasteiger partial charge in [0.05, 0.1) is 6.54 Å². The third-order valence-corrected chi connectivity index (χ3v) is 4.07. The maximum atomic E-state index is 11.6. The number of hydrogen-bond acceptors (Lipinski definition) is 3. The molecule has 1 amide bonds. The topological polar surface area (TPSA) is 55.4 Å². The number of carbonyl (C=O) groups excluding carboxylic acids is 2. The molecule has 2 bridgehead atoms. The van der Waals surface area contributed by atoms with E-state index in [4.69, 9.17) is 11.2 Å². The zero-order valence-corrected chi connectivity index (χ0v) is 10.5. The minimum Gasteiger partial charge on any atom is -0.456 e. The predicted molar refractivity (Wildman–Crippen MR) is 66.4 cm³/mol. The molecule has 2 saturated carbocycles. The second-order valence-corrected chi connectivity index (χ2v) is 5.28. The molecule has 2 fully saturated rings. The Hall–Kier alpha value is -1.50. The van der Waals surface area contributed by atoms with Crippen molar-refractivity contribution in [1.29, 1.82) is 0 Å². The Labute approximate surface area is 107 Å². The molecule has 3 unspecified atom stereocenters. The molecular weight excluding hydrogens is 230 g/mol. The van der Waals surface area contributed by atoms with Crippen molar-refractivity contribution in [2.45, 2.75) is 32.1 Å². The second kappa shape index (κ2) is 5.90. The van der Waals surface area contributed by atoms with Crippen LogP contribution in [0.2, 0.25) is 0 Å². The molecule has 2 rings (SSSR count). The predicted octanol–water partition coefficient (Wildman–Crippen LogP) is 1.11. The van der Waals surface area contributed by atoms with Crippen LogP contribution in [0.25, 0.3) is 0 Å². The van der Waals surface area contributed by atoms with E-state index in [2.05, 4.69) is 11.2 Å². The highest BCUT2D eigenvalue weighted by Gasteiger charge is 2.40. The van der Waals surface area contributed by atoms with Gasteiger partial charge in [-0.05, 0) is 37.0 Å². The average Bonchev–Trinajstić information content (AvgIpc) is 2.96. The Morgan fingerprint density at radius 2 is 2.17 bits per heavy atom. The van der Waals surface area contributed by atoms with E-state index in [9.17, 15) is 9.59 Å². The molecule has 1 N–H and O–H groups in total. The highest BCUT2D eigenvalue weighted by molar-refractivity contribution is 5.80. The lowest BCUT2D eigenvalue weighted by Gasteiger charge is -2.20. The van der Waals surface area contributed by atoms with E-state index in [-0.39, 0.29) is 25.0 Å². The summed E-state index contributed by atoms with van der Waals surface area (Å²) in [6.07, 6.45) is 10.5. The Balaban J connectivity index is 1.64. The van der Waals surface area contributed by atoms with Crippen molar-refractivity contribution >= 4 is 11.9 Å². The van der Waals surface area contributed by atoms with E-state index in [1.807, 2.05) is 0 Å². The van der Waals surface area contributed by atoms with Crippen LogP contribution in [-0.4, -0.2) is 25.0 Å². The number of carbonyl (C=O) groups is 2. The van der Waals surface area contributed by atoms with Gasteiger partial charge in [0.2, 0.25) is 0 Å². The third-order valence-electron chi connectivity index (χ3n) is 4.07. The maximum absolute atomic E-state index is 11.6. The van der Waals surface area contributed by atoms with Gasteiger partial charge in [-0.3, -0.25) is 9.59 Å². The van der Waals surface area contributed by atoms with Gasteiger partial charge >= 0.3 is 5.97 Å². The number of terminal acetylenes is 1. The summed E-state index contributed by atoms with van der Waals surface area (Å²) in [5.74, 6) is 3.70. The van der Waals surface area contributed by atoms with Crippen LogP contribution in [0.1, 0.15) is 32.1 Å². The summed E-state index contributed by atoms with van der Waals surface area (Å²) in [5.41, 5.74) is 0. The number of esters is 1. The summed E-state index contributed by atoms with van der Waals surface area (Å²) >= 11 is 0. The van der Waals surface area contributed by atoms with Gasteiger partial charge in [0.25, 0.3) is 5.91 Å². The first-order valence-corrected chi connectivity index (χ1v) is 6.55. The SMILES string of the molecule is C#CCNC(=O)COC(=O)CC1CC2CCC1C2. The highest BCUT2D eigenvalue weighted by atomic mass is 16.5. The molecule has 0 radical (unpaired) electrons. The Kier molecular flexibility index (Phi) is 4.24. The van der Waals surface area contributed by atoms with E-state index < -0.39 is 0 Å². The molecule has 18 heavy (non-hydrogen) atoms. The normalized spacial score (nSPS) is 28.7. The second-order valence-electron chi connectivity index (χ2n) is 5.28. The largest absolute Gasteiger partial charge is 0.456 e. The van der Waals surface area contributed by atoms with E-state index in [1.165, 1.54) is 19.3 Å². The van der Waals surface area contributed by atoms with Crippen LogP contribution in [0, 0.1) is 30.1 Å². The number of ether oxygens (including phenoxy) is 1. The fourth-order valence-corrected chi connectivity index (χ4v) is 3.25. The van der Waals surface area contributed by atoms with Crippen LogP contribution in [0.15, 0.2) is 0 Å². The van der Waals surface area contributed by atoms with Gasteiger partial charge in [0, 0.05) is 6.42 Å². The first-order valence-electron chi connectivity index (χ1n) is 6.55. The molecule has 0 aromatic heterocycles. The maximum Gasteiger partial charge on any atom is 0.306 e. The molecule has 0 saturated heterocycles. The van der Waals surface area contributed by atoms with E-state index in [1.54, 1.807) is 0 Å². The molecule has 2 aliphatic carbocycles. The average molecular weight is 249 g/mol. The molecule has 2 aliphatic rings. The van der Waals surface area contributed by atoms with Crippen molar-refractivity contribution in [2.24, 2.45) is 17.8 Å². The zero-order chi connectivity index (χ0) is 13.0. The van der Waals surface area contributed by atoms with Gasteiger partial charge in [-0.1, -0.05) is 12.3 Å². The highest BCUT2D eigenvalue weighted by Crippen LogP contribution is 2.49. The van der Waals surface area contributed by atoms with Crippen LogP contribution >= 0.6 is 0 Å². The number of rotatable bonds is 5. The summed E-state index contributed by atoms with van der Waals surface area (Å²) < 4.78 is 4.95. The third kappa shape index (κ3) is 3.25. The molecule has 4 nitrogen and oxygen atoms in total. The number of nitrogens with one attached hydrogen (secondary N) is 1. The van der Waals surface area contributed by atoms with E-state index >= 15 is 0 Å². The van der Waals surface area contributed by atoms with Gasteiger partial charge in [-0.15, -0.1) is 6.42 Å². The molecule has 0 aliphatic heterocycles. The van der Waals surface area contributed by atoms with Crippen LogP contribution < -0.4 is 5.32 Å². The summed E-state index contributed by atoms with van der Waals surface area (Å²) in [6, 6.07) is 0.